The van der Waals surface area contributed by atoms with E-state index >= 15 is 0 Å². The van der Waals surface area contributed by atoms with E-state index in [0.29, 0.717) is 0 Å². The number of carbonyl (C=O) groups is 1. The van der Waals surface area contributed by atoms with Crippen LogP contribution in [0.5, 0.6) is 0 Å². The Morgan fingerprint density at radius 3 is 2.73 bits per heavy atom. The number of hydrogen-bond acceptors (Lipinski definition) is 3. The Kier molecular flexibility index (Phi) is 4.34. The van der Waals surface area contributed by atoms with E-state index in [4.69, 9.17) is 0 Å². The maximum atomic E-state index is 11.6. The zero-order chi connectivity index (χ0) is 11.1. The fourth-order valence-corrected chi connectivity index (χ4v) is 1.12. The molecule has 0 spiro atoms. The number of hydrazone groups is 1. The summed E-state index contributed by atoms with van der Waals surface area (Å²) in [6.45, 7) is 1.99. The van der Waals surface area contributed by atoms with Gasteiger partial charge in [0.05, 0.1) is 0 Å². The van der Waals surface area contributed by atoms with Crippen molar-refractivity contribution in [2.24, 2.45) is 5.10 Å². The molecule has 4 heteroatoms. The highest BCUT2D eigenvalue weighted by atomic mass is 16.2. The lowest BCUT2D eigenvalue weighted by atomic mass is 10.3. The third-order valence-electron chi connectivity index (χ3n) is 1.97. The molecular weight excluding hydrogens is 190 g/mol. The molecule has 0 heterocycles. The lowest BCUT2D eigenvalue weighted by molar-refractivity contribution is -0.117. The third kappa shape index (κ3) is 3.42. The molecule has 0 aliphatic rings. The first-order valence-electron chi connectivity index (χ1n) is 4.78. The number of nitrogens with zero attached hydrogens (tertiary/aromatic N) is 2. The van der Waals surface area contributed by atoms with Gasteiger partial charge in [0.25, 0.3) is 0 Å². The minimum absolute atomic E-state index is 0.0215. The number of likely N-dealkylation sites (N-methyl/N-ethyl adjacent to an activating group) is 1. The standard InChI is InChI=1S/C11H15N3O/c1-3-12-13-9-11(15)14(2)10-7-5-4-6-8-10/h3-8,13H,9H2,1-2H3/b12-3-. The number of benzene rings is 1. The predicted molar refractivity (Wildman–Crippen MR) is 62.0 cm³/mol. The Morgan fingerprint density at radius 2 is 2.13 bits per heavy atom. The van der Waals surface area contributed by atoms with Crippen LogP contribution in [-0.2, 0) is 4.79 Å². The van der Waals surface area contributed by atoms with Crippen molar-refractivity contribution in [3.63, 3.8) is 0 Å². The van der Waals surface area contributed by atoms with Crippen molar-refractivity contribution in [3.05, 3.63) is 30.3 Å². The van der Waals surface area contributed by atoms with Crippen LogP contribution in [0.15, 0.2) is 35.4 Å². The molecule has 1 amide bonds. The summed E-state index contributed by atoms with van der Waals surface area (Å²) in [7, 11) is 1.75. The SMILES string of the molecule is C/C=N\NCC(=O)N(C)c1ccccc1. The second-order valence-corrected chi connectivity index (χ2v) is 3.01. The minimum Gasteiger partial charge on any atom is -0.314 e. The van der Waals surface area contributed by atoms with Crippen LogP contribution in [0.4, 0.5) is 5.69 Å². The molecule has 1 aromatic carbocycles. The lowest BCUT2D eigenvalue weighted by Crippen LogP contribution is -2.33. The van der Waals surface area contributed by atoms with Crippen LogP contribution in [0, 0.1) is 0 Å². The molecule has 80 valence electrons. The molecule has 0 aliphatic carbocycles. The number of anilines is 1. The molecule has 0 atom stereocenters. The van der Waals surface area contributed by atoms with Crippen LogP contribution >= 0.6 is 0 Å². The van der Waals surface area contributed by atoms with Gasteiger partial charge >= 0.3 is 0 Å². The van der Waals surface area contributed by atoms with Crippen molar-refractivity contribution in [1.29, 1.82) is 0 Å². The number of nitrogens with one attached hydrogen (secondary N) is 1. The minimum atomic E-state index is -0.0215. The molecule has 4 nitrogen and oxygen atoms in total. The van der Waals surface area contributed by atoms with E-state index in [2.05, 4.69) is 10.5 Å². The van der Waals surface area contributed by atoms with Gasteiger partial charge in [0, 0.05) is 18.9 Å². The van der Waals surface area contributed by atoms with Gasteiger partial charge in [-0.05, 0) is 19.1 Å². The highest BCUT2D eigenvalue weighted by Gasteiger charge is 2.08. The van der Waals surface area contributed by atoms with E-state index in [1.807, 2.05) is 30.3 Å². The quantitative estimate of drug-likeness (QED) is 0.594. The summed E-state index contributed by atoms with van der Waals surface area (Å²) in [4.78, 5) is 13.2. The second-order valence-electron chi connectivity index (χ2n) is 3.01. The summed E-state index contributed by atoms with van der Waals surface area (Å²) in [5.41, 5.74) is 3.54. The molecule has 0 unspecified atom stereocenters. The third-order valence-corrected chi connectivity index (χ3v) is 1.97. The first-order valence-corrected chi connectivity index (χ1v) is 4.78. The molecule has 0 radical (unpaired) electrons. The number of amides is 1. The highest BCUT2D eigenvalue weighted by molar-refractivity contribution is 5.94. The van der Waals surface area contributed by atoms with E-state index < -0.39 is 0 Å². The zero-order valence-electron chi connectivity index (χ0n) is 8.97. The molecule has 1 rings (SSSR count). The predicted octanol–water partition coefficient (Wildman–Crippen LogP) is 1.24. The van der Waals surface area contributed by atoms with Gasteiger partial charge in [-0.1, -0.05) is 18.2 Å². The summed E-state index contributed by atoms with van der Waals surface area (Å²) in [5.74, 6) is -0.0215. The van der Waals surface area contributed by atoms with E-state index in [1.54, 1.807) is 25.1 Å². The van der Waals surface area contributed by atoms with E-state index in [9.17, 15) is 4.79 Å². The van der Waals surface area contributed by atoms with Crippen LogP contribution in [-0.4, -0.2) is 25.7 Å². The van der Waals surface area contributed by atoms with Crippen LogP contribution in [0.1, 0.15) is 6.92 Å². The van der Waals surface area contributed by atoms with Crippen LogP contribution < -0.4 is 10.3 Å². The van der Waals surface area contributed by atoms with Crippen LogP contribution in [0.2, 0.25) is 0 Å². The Hall–Kier alpha value is -1.84. The van der Waals surface area contributed by atoms with Gasteiger partial charge in [0.2, 0.25) is 5.91 Å². The lowest BCUT2D eigenvalue weighted by Gasteiger charge is -2.16. The molecule has 0 fully saturated rings. The van der Waals surface area contributed by atoms with E-state index in [1.165, 1.54) is 0 Å². The second kappa shape index (κ2) is 5.80. The summed E-state index contributed by atoms with van der Waals surface area (Å²) >= 11 is 0. The number of rotatable bonds is 4. The van der Waals surface area contributed by atoms with Crippen molar-refractivity contribution in [2.45, 2.75) is 6.92 Å². The summed E-state index contributed by atoms with van der Waals surface area (Å²) in [6.07, 6.45) is 1.61. The fraction of sp³-hybridized carbons (Fsp3) is 0.273. The maximum Gasteiger partial charge on any atom is 0.247 e. The molecule has 0 bridgehead atoms. The summed E-state index contributed by atoms with van der Waals surface area (Å²) in [6, 6.07) is 9.50. The zero-order valence-corrected chi connectivity index (χ0v) is 8.97. The monoisotopic (exact) mass is 205 g/mol. The van der Waals surface area contributed by atoms with E-state index in [-0.39, 0.29) is 12.5 Å². The summed E-state index contributed by atoms with van der Waals surface area (Å²) < 4.78 is 0. The Morgan fingerprint density at radius 1 is 1.47 bits per heavy atom. The van der Waals surface area contributed by atoms with Gasteiger partial charge in [-0.2, -0.15) is 5.10 Å². The fourth-order valence-electron chi connectivity index (χ4n) is 1.12. The van der Waals surface area contributed by atoms with Crippen molar-refractivity contribution in [3.8, 4) is 0 Å². The molecule has 0 saturated carbocycles. The highest BCUT2D eigenvalue weighted by Crippen LogP contribution is 2.10. The van der Waals surface area contributed by atoms with Crippen LogP contribution in [0.3, 0.4) is 0 Å². The van der Waals surface area contributed by atoms with Crippen molar-refractivity contribution < 1.29 is 4.79 Å². The number of hydrogen-bond donors (Lipinski definition) is 1. The smallest absolute Gasteiger partial charge is 0.247 e. The van der Waals surface area contributed by atoms with Gasteiger partial charge in [-0.25, -0.2) is 0 Å². The molecule has 15 heavy (non-hydrogen) atoms. The Bertz CT molecular complexity index is 335. The number of para-hydroxylation sites is 1. The average Bonchev–Trinajstić information content (AvgIpc) is 2.29. The van der Waals surface area contributed by atoms with Gasteiger partial charge in [0.1, 0.15) is 6.54 Å². The van der Waals surface area contributed by atoms with Gasteiger partial charge < -0.3 is 10.3 Å². The topological polar surface area (TPSA) is 44.7 Å². The van der Waals surface area contributed by atoms with Gasteiger partial charge in [0.15, 0.2) is 0 Å². The first-order chi connectivity index (χ1) is 7.25. The van der Waals surface area contributed by atoms with Crippen LogP contribution in [0.25, 0.3) is 0 Å². The molecule has 0 aromatic heterocycles. The summed E-state index contributed by atoms with van der Waals surface area (Å²) in [5, 5.41) is 3.77. The molecule has 0 saturated heterocycles. The van der Waals surface area contributed by atoms with Crippen molar-refractivity contribution >= 4 is 17.8 Å². The molecule has 0 aliphatic heterocycles. The van der Waals surface area contributed by atoms with Gasteiger partial charge in [-0.15, -0.1) is 0 Å². The van der Waals surface area contributed by atoms with E-state index in [0.717, 1.165) is 5.69 Å². The van der Waals surface area contributed by atoms with Crippen molar-refractivity contribution in [2.75, 3.05) is 18.5 Å². The molecule has 1 aromatic rings. The maximum absolute atomic E-state index is 11.6. The average molecular weight is 205 g/mol. The number of carbonyl (C=O) groups excluding carboxylic acids is 1. The normalized spacial score (nSPS) is 10.3. The van der Waals surface area contributed by atoms with Gasteiger partial charge in [-0.3, -0.25) is 4.79 Å². The van der Waals surface area contributed by atoms with Crippen molar-refractivity contribution in [1.82, 2.24) is 5.43 Å². The first kappa shape index (κ1) is 11.2. The molecular formula is C11H15N3O. The Balaban J connectivity index is 2.53. The Labute approximate surface area is 89.6 Å². The largest absolute Gasteiger partial charge is 0.314 e. The molecule has 1 N–H and O–H groups in total.